The van der Waals surface area contributed by atoms with Gasteiger partial charge in [0.05, 0.1) is 11.4 Å². The maximum absolute atomic E-state index is 12.3. The molecule has 0 radical (unpaired) electrons. The van der Waals surface area contributed by atoms with Crippen LogP contribution in [0.25, 0.3) is 11.1 Å². The predicted molar refractivity (Wildman–Crippen MR) is 89.0 cm³/mol. The number of amides is 1. The summed E-state index contributed by atoms with van der Waals surface area (Å²) in [5.41, 5.74) is 3.02. The molecule has 0 spiro atoms. The van der Waals surface area contributed by atoms with Crippen LogP contribution in [0.3, 0.4) is 0 Å². The summed E-state index contributed by atoms with van der Waals surface area (Å²) in [4.78, 5) is 27.8. The summed E-state index contributed by atoms with van der Waals surface area (Å²) in [6, 6.07) is 11.5. The first kappa shape index (κ1) is 16.7. The molecule has 1 amide bonds. The van der Waals surface area contributed by atoms with E-state index in [1.54, 1.807) is 27.0 Å². The normalized spacial score (nSPS) is 12.0. The first-order valence-corrected chi connectivity index (χ1v) is 7.46. The van der Waals surface area contributed by atoms with Gasteiger partial charge in [-0.15, -0.1) is 0 Å². The largest absolute Gasteiger partial charge is 0.481 e. The number of carboxylic acid groups (broad SMARTS) is 1. The van der Waals surface area contributed by atoms with E-state index in [4.69, 9.17) is 0 Å². The number of aryl methyl sites for hydroxylation is 1. The maximum Gasteiger partial charge on any atom is 0.316 e. The Hall–Kier alpha value is -2.69. The van der Waals surface area contributed by atoms with Crippen LogP contribution >= 0.6 is 0 Å². The Morgan fingerprint density at radius 3 is 2.35 bits per heavy atom. The number of pyridine rings is 1. The summed E-state index contributed by atoms with van der Waals surface area (Å²) >= 11 is 0. The minimum Gasteiger partial charge on any atom is -0.481 e. The molecule has 120 valence electrons. The lowest BCUT2D eigenvalue weighted by molar-refractivity contribution is -0.147. The second kappa shape index (κ2) is 7.05. The molecule has 0 saturated heterocycles. The number of hydrogen-bond donors (Lipinski definition) is 2. The lowest BCUT2D eigenvalue weighted by Crippen LogP contribution is -2.33. The van der Waals surface area contributed by atoms with E-state index in [0.29, 0.717) is 11.4 Å². The number of carbonyl (C=O) groups is 2. The summed E-state index contributed by atoms with van der Waals surface area (Å²) in [6.45, 7) is 5.20. The fourth-order valence-corrected chi connectivity index (χ4v) is 2.36. The lowest BCUT2D eigenvalue weighted by atomic mass is 9.95. The molecular weight excluding hydrogens is 292 g/mol. The minimum absolute atomic E-state index is 0.293. The predicted octanol–water partition coefficient (Wildman–Crippen LogP) is 3.35. The number of aromatic nitrogens is 1. The zero-order valence-corrected chi connectivity index (χ0v) is 13.4. The molecule has 0 bridgehead atoms. The van der Waals surface area contributed by atoms with Crippen LogP contribution < -0.4 is 5.32 Å². The summed E-state index contributed by atoms with van der Waals surface area (Å²) in [7, 11) is 0. The Morgan fingerprint density at radius 1 is 1.13 bits per heavy atom. The third-order valence-corrected chi connectivity index (χ3v) is 3.67. The first-order chi connectivity index (χ1) is 10.9. The van der Waals surface area contributed by atoms with E-state index in [9.17, 15) is 14.7 Å². The fourth-order valence-electron chi connectivity index (χ4n) is 2.36. The Kier molecular flexibility index (Phi) is 5.11. The van der Waals surface area contributed by atoms with Gasteiger partial charge in [-0.05, 0) is 24.5 Å². The Balaban J connectivity index is 2.29. The van der Waals surface area contributed by atoms with Crippen molar-refractivity contribution in [3.63, 3.8) is 0 Å². The molecule has 0 aliphatic rings. The van der Waals surface area contributed by atoms with Gasteiger partial charge in [-0.25, -0.2) is 0 Å². The Morgan fingerprint density at radius 2 is 1.78 bits per heavy atom. The fraction of sp³-hybridized carbons (Fsp3) is 0.278. The minimum atomic E-state index is -1.12. The molecule has 2 N–H and O–H groups in total. The monoisotopic (exact) mass is 312 g/mol. The molecule has 0 aliphatic heterocycles. The zero-order chi connectivity index (χ0) is 17.0. The molecule has 1 heterocycles. The van der Waals surface area contributed by atoms with Gasteiger partial charge in [-0.3, -0.25) is 14.6 Å². The highest BCUT2D eigenvalue weighted by Gasteiger charge is 2.29. The number of rotatable bonds is 5. The third kappa shape index (κ3) is 3.94. The molecular formula is C18H20N2O3. The van der Waals surface area contributed by atoms with Crippen molar-refractivity contribution >= 4 is 17.6 Å². The van der Waals surface area contributed by atoms with Crippen molar-refractivity contribution in [2.24, 2.45) is 11.8 Å². The van der Waals surface area contributed by atoms with E-state index in [1.807, 2.05) is 36.4 Å². The van der Waals surface area contributed by atoms with Crippen molar-refractivity contribution in [3.05, 3.63) is 48.3 Å². The SMILES string of the molecule is Cc1ncc(-c2ccccc2)cc1NC(=O)C(C(=O)O)C(C)C. The van der Waals surface area contributed by atoms with Gasteiger partial charge in [0.25, 0.3) is 0 Å². The van der Waals surface area contributed by atoms with Gasteiger partial charge in [0.1, 0.15) is 5.92 Å². The van der Waals surface area contributed by atoms with Crippen LogP contribution in [0.4, 0.5) is 5.69 Å². The van der Waals surface area contributed by atoms with Crippen molar-refractivity contribution in [3.8, 4) is 11.1 Å². The van der Waals surface area contributed by atoms with Crippen LogP contribution in [0.2, 0.25) is 0 Å². The lowest BCUT2D eigenvalue weighted by Gasteiger charge is -2.17. The van der Waals surface area contributed by atoms with Crippen molar-refractivity contribution < 1.29 is 14.7 Å². The molecule has 1 unspecified atom stereocenters. The molecule has 23 heavy (non-hydrogen) atoms. The van der Waals surface area contributed by atoms with Crippen molar-refractivity contribution in [2.75, 3.05) is 5.32 Å². The molecule has 5 nitrogen and oxygen atoms in total. The Bertz CT molecular complexity index is 711. The Labute approximate surface area is 135 Å². The summed E-state index contributed by atoms with van der Waals surface area (Å²) in [5.74, 6) is -3.03. The van der Waals surface area contributed by atoms with Crippen LogP contribution in [0.1, 0.15) is 19.5 Å². The molecule has 1 aromatic carbocycles. The van der Waals surface area contributed by atoms with Gasteiger partial charge in [-0.2, -0.15) is 0 Å². The highest BCUT2D eigenvalue weighted by molar-refractivity contribution is 6.04. The van der Waals surface area contributed by atoms with Crippen LogP contribution in [0, 0.1) is 18.8 Å². The van der Waals surface area contributed by atoms with Gasteiger partial charge >= 0.3 is 5.97 Å². The number of carboxylic acids is 1. The molecule has 2 rings (SSSR count). The van der Waals surface area contributed by atoms with Crippen molar-refractivity contribution in [2.45, 2.75) is 20.8 Å². The molecule has 0 aliphatic carbocycles. The highest BCUT2D eigenvalue weighted by Crippen LogP contribution is 2.24. The number of benzene rings is 1. The molecule has 5 heteroatoms. The molecule has 1 atom stereocenters. The molecule has 0 fully saturated rings. The van der Waals surface area contributed by atoms with Gasteiger partial charge in [-0.1, -0.05) is 44.2 Å². The number of hydrogen-bond acceptors (Lipinski definition) is 3. The topological polar surface area (TPSA) is 79.3 Å². The van der Waals surface area contributed by atoms with Crippen LogP contribution in [0.5, 0.6) is 0 Å². The average molecular weight is 312 g/mol. The molecule has 0 saturated carbocycles. The smallest absolute Gasteiger partial charge is 0.316 e. The average Bonchev–Trinajstić information content (AvgIpc) is 2.49. The highest BCUT2D eigenvalue weighted by atomic mass is 16.4. The van der Waals surface area contributed by atoms with E-state index < -0.39 is 17.8 Å². The number of nitrogens with one attached hydrogen (secondary N) is 1. The van der Waals surface area contributed by atoms with Crippen molar-refractivity contribution in [1.82, 2.24) is 4.98 Å². The van der Waals surface area contributed by atoms with Crippen LogP contribution in [0.15, 0.2) is 42.6 Å². The zero-order valence-electron chi connectivity index (χ0n) is 13.4. The maximum atomic E-state index is 12.3. The summed E-state index contributed by atoms with van der Waals surface area (Å²) in [6.07, 6.45) is 1.73. The van der Waals surface area contributed by atoms with E-state index >= 15 is 0 Å². The van der Waals surface area contributed by atoms with E-state index in [1.165, 1.54) is 0 Å². The number of nitrogens with zero attached hydrogens (tertiary/aromatic N) is 1. The number of aliphatic carboxylic acids is 1. The first-order valence-electron chi connectivity index (χ1n) is 7.46. The van der Waals surface area contributed by atoms with E-state index in [2.05, 4.69) is 10.3 Å². The van der Waals surface area contributed by atoms with Crippen LogP contribution in [-0.2, 0) is 9.59 Å². The quantitative estimate of drug-likeness (QED) is 0.830. The second-order valence-corrected chi connectivity index (χ2v) is 5.77. The van der Waals surface area contributed by atoms with Gasteiger partial charge in [0, 0.05) is 11.8 Å². The van der Waals surface area contributed by atoms with E-state index in [-0.39, 0.29) is 5.92 Å². The number of anilines is 1. The summed E-state index contributed by atoms with van der Waals surface area (Å²) in [5, 5.41) is 11.9. The molecule has 2 aromatic rings. The molecule has 1 aromatic heterocycles. The number of carbonyl (C=O) groups excluding carboxylic acids is 1. The van der Waals surface area contributed by atoms with E-state index in [0.717, 1.165) is 11.1 Å². The summed E-state index contributed by atoms with van der Waals surface area (Å²) < 4.78 is 0. The van der Waals surface area contributed by atoms with Gasteiger partial charge in [0.2, 0.25) is 5.91 Å². The van der Waals surface area contributed by atoms with Crippen LogP contribution in [-0.4, -0.2) is 22.0 Å². The van der Waals surface area contributed by atoms with Gasteiger partial charge in [0.15, 0.2) is 0 Å². The van der Waals surface area contributed by atoms with Gasteiger partial charge < -0.3 is 10.4 Å². The van der Waals surface area contributed by atoms with Crippen molar-refractivity contribution in [1.29, 1.82) is 0 Å². The standard InChI is InChI=1S/C18H20N2O3/c1-11(2)16(18(22)23)17(21)20-15-9-14(10-19-12(15)3)13-7-5-4-6-8-13/h4-11,16H,1-3H3,(H,20,21)(H,22,23). The second-order valence-electron chi connectivity index (χ2n) is 5.77. The third-order valence-electron chi connectivity index (χ3n) is 3.67.